The summed E-state index contributed by atoms with van der Waals surface area (Å²) in [6.07, 6.45) is 1.63. The molecule has 0 aliphatic carbocycles. The maximum atomic E-state index is 11.3. The molecule has 0 heterocycles. The number of hydrogen-bond acceptors (Lipinski definition) is 3. The van der Waals surface area contributed by atoms with Gasteiger partial charge in [-0.2, -0.15) is 0 Å². The summed E-state index contributed by atoms with van der Waals surface area (Å²) in [5, 5.41) is 3.28. The van der Waals surface area contributed by atoms with Crippen molar-refractivity contribution in [2.75, 3.05) is 13.2 Å². The Balaban J connectivity index is 2.61. The van der Waals surface area contributed by atoms with E-state index in [0.29, 0.717) is 13.2 Å². The molecule has 1 N–H and O–H groups in total. The first-order chi connectivity index (χ1) is 8.88. The van der Waals surface area contributed by atoms with Gasteiger partial charge in [-0.15, -0.1) is 0 Å². The van der Waals surface area contributed by atoms with E-state index in [9.17, 15) is 4.79 Å². The van der Waals surface area contributed by atoms with E-state index in [-0.39, 0.29) is 5.78 Å². The standard InChI is InChI=1S/C15H23NO2Si/c1-13(17)12-15(14-8-6-5-7-9-14)16-10-11-18-19(2,3)4/h5-9,12,16H,10-11H2,1-4H3/b15-12+. The molecular formula is C15H23NO2Si. The highest BCUT2D eigenvalue weighted by Crippen LogP contribution is 2.11. The van der Waals surface area contributed by atoms with Crippen LogP contribution in [-0.4, -0.2) is 27.3 Å². The molecule has 0 aromatic heterocycles. The van der Waals surface area contributed by atoms with Gasteiger partial charge in [-0.3, -0.25) is 4.79 Å². The first-order valence-electron chi connectivity index (χ1n) is 6.54. The topological polar surface area (TPSA) is 38.3 Å². The van der Waals surface area contributed by atoms with Crippen molar-refractivity contribution >= 4 is 19.8 Å². The van der Waals surface area contributed by atoms with Crippen LogP contribution in [0.25, 0.3) is 5.70 Å². The summed E-state index contributed by atoms with van der Waals surface area (Å²) in [7, 11) is -1.47. The molecule has 0 radical (unpaired) electrons. The second-order valence-corrected chi connectivity index (χ2v) is 9.94. The van der Waals surface area contributed by atoms with Crippen LogP contribution in [-0.2, 0) is 9.22 Å². The highest BCUT2D eigenvalue weighted by Gasteiger charge is 2.13. The van der Waals surface area contributed by atoms with Gasteiger partial charge in [0.05, 0.1) is 6.61 Å². The average Bonchev–Trinajstić information content (AvgIpc) is 2.32. The van der Waals surface area contributed by atoms with Gasteiger partial charge >= 0.3 is 0 Å². The quantitative estimate of drug-likeness (QED) is 0.473. The lowest BCUT2D eigenvalue weighted by atomic mass is 10.1. The van der Waals surface area contributed by atoms with Gasteiger partial charge in [0.25, 0.3) is 0 Å². The molecule has 0 bridgehead atoms. The minimum Gasteiger partial charge on any atom is -0.416 e. The molecule has 0 amide bonds. The smallest absolute Gasteiger partial charge is 0.183 e. The van der Waals surface area contributed by atoms with Crippen molar-refractivity contribution < 1.29 is 9.22 Å². The fourth-order valence-corrected chi connectivity index (χ4v) is 2.31. The summed E-state index contributed by atoms with van der Waals surface area (Å²) in [5.41, 5.74) is 1.87. The molecule has 104 valence electrons. The predicted molar refractivity (Wildman–Crippen MR) is 82.4 cm³/mol. The van der Waals surface area contributed by atoms with Crippen LogP contribution in [0.15, 0.2) is 36.4 Å². The van der Waals surface area contributed by atoms with E-state index in [2.05, 4.69) is 25.0 Å². The Morgan fingerprint density at radius 2 is 1.89 bits per heavy atom. The third-order valence-corrected chi connectivity index (χ3v) is 3.46. The van der Waals surface area contributed by atoms with Gasteiger partial charge in [-0.1, -0.05) is 30.3 Å². The zero-order chi connectivity index (χ0) is 14.3. The van der Waals surface area contributed by atoms with Gasteiger partial charge < -0.3 is 9.74 Å². The van der Waals surface area contributed by atoms with Crippen LogP contribution in [0.1, 0.15) is 12.5 Å². The SMILES string of the molecule is CC(=O)/C=C(/NCCO[Si](C)(C)C)c1ccccc1. The van der Waals surface area contributed by atoms with Crippen molar-refractivity contribution in [1.29, 1.82) is 0 Å². The summed E-state index contributed by atoms with van der Waals surface area (Å²) in [4.78, 5) is 11.3. The van der Waals surface area contributed by atoms with Crippen LogP contribution in [0.5, 0.6) is 0 Å². The third-order valence-electron chi connectivity index (χ3n) is 2.38. The van der Waals surface area contributed by atoms with E-state index in [0.717, 1.165) is 11.3 Å². The second kappa shape index (κ2) is 7.26. The summed E-state index contributed by atoms with van der Waals surface area (Å²) in [6, 6.07) is 9.86. The number of carbonyl (C=O) groups is 1. The molecule has 0 saturated heterocycles. The Labute approximate surface area is 116 Å². The zero-order valence-electron chi connectivity index (χ0n) is 12.2. The maximum Gasteiger partial charge on any atom is 0.183 e. The van der Waals surface area contributed by atoms with E-state index >= 15 is 0 Å². The molecule has 0 aliphatic heterocycles. The zero-order valence-corrected chi connectivity index (χ0v) is 13.2. The normalized spacial score (nSPS) is 12.3. The fraction of sp³-hybridized carbons (Fsp3) is 0.400. The Kier molecular flexibility index (Phi) is 5.98. The molecule has 1 aromatic carbocycles. The number of allylic oxidation sites excluding steroid dienone is 1. The number of ketones is 1. The predicted octanol–water partition coefficient (Wildman–Crippen LogP) is 3.06. The first-order valence-corrected chi connectivity index (χ1v) is 9.95. The van der Waals surface area contributed by atoms with Gasteiger partial charge in [-0.05, 0) is 32.1 Å². The molecule has 0 atom stereocenters. The molecule has 0 saturated carbocycles. The first kappa shape index (κ1) is 15.7. The highest BCUT2D eigenvalue weighted by molar-refractivity contribution is 6.69. The van der Waals surface area contributed by atoms with Crippen molar-refractivity contribution in [1.82, 2.24) is 5.32 Å². The Bertz CT molecular complexity index is 435. The van der Waals surface area contributed by atoms with Crippen LogP contribution < -0.4 is 5.32 Å². The molecule has 1 rings (SSSR count). The van der Waals surface area contributed by atoms with Crippen molar-refractivity contribution in [3.05, 3.63) is 42.0 Å². The molecule has 19 heavy (non-hydrogen) atoms. The summed E-state index contributed by atoms with van der Waals surface area (Å²) >= 11 is 0. The molecule has 1 aromatic rings. The van der Waals surface area contributed by atoms with Gasteiger partial charge in [0.15, 0.2) is 14.1 Å². The number of hydrogen-bond donors (Lipinski definition) is 1. The van der Waals surface area contributed by atoms with Gasteiger partial charge in [0, 0.05) is 18.3 Å². The van der Waals surface area contributed by atoms with Crippen LogP contribution in [0.4, 0.5) is 0 Å². The van der Waals surface area contributed by atoms with E-state index in [1.165, 1.54) is 0 Å². The van der Waals surface area contributed by atoms with Crippen LogP contribution in [0.2, 0.25) is 19.6 Å². The lowest BCUT2D eigenvalue weighted by molar-refractivity contribution is -0.112. The largest absolute Gasteiger partial charge is 0.416 e. The van der Waals surface area contributed by atoms with Gasteiger partial charge in [-0.25, -0.2) is 0 Å². The minimum absolute atomic E-state index is 0.0393. The number of carbonyl (C=O) groups excluding carboxylic acids is 1. The fourth-order valence-electron chi connectivity index (χ4n) is 1.60. The van der Waals surface area contributed by atoms with Crippen molar-refractivity contribution in [3.8, 4) is 0 Å². The monoisotopic (exact) mass is 277 g/mol. The van der Waals surface area contributed by atoms with Crippen LogP contribution in [0, 0.1) is 0 Å². The van der Waals surface area contributed by atoms with Gasteiger partial charge in [0.1, 0.15) is 0 Å². The van der Waals surface area contributed by atoms with Crippen LogP contribution >= 0.6 is 0 Å². The molecule has 0 aliphatic rings. The Morgan fingerprint density at radius 1 is 1.26 bits per heavy atom. The molecule has 4 heteroatoms. The third kappa shape index (κ3) is 6.93. The lowest BCUT2D eigenvalue weighted by Gasteiger charge is -2.18. The average molecular weight is 277 g/mol. The number of rotatable bonds is 7. The minimum atomic E-state index is -1.47. The Hall–Kier alpha value is -1.39. The van der Waals surface area contributed by atoms with Crippen molar-refractivity contribution in [3.63, 3.8) is 0 Å². The number of benzene rings is 1. The molecule has 0 unspecified atom stereocenters. The number of nitrogens with one attached hydrogen (secondary N) is 1. The maximum absolute atomic E-state index is 11.3. The van der Waals surface area contributed by atoms with Crippen LogP contribution in [0.3, 0.4) is 0 Å². The van der Waals surface area contributed by atoms with E-state index in [1.807, 2.05) is 30.3 Å². The van der Waals surface area contributed by atoms with Crippen molar-refractivity contribution in [2.24, 2.45) is 0 Å². The van der Waals surface area contributed by atoms with E-state index in [4.69, 9.17) is 4.43 Å². The van der Waals surface area contributed by atoms with E-state index < -0.39 is 8.32 Å². The highest BCUT2D eigenvalue weighted by atomic mass is 28.4. The lowest BCUT2D eigenvalue weighted by Crippen LogP contribution is -2.30. The van der Waals surface area contributed by atoms with Crippen molar-refractivity contribution in [2.45, 2.75) is 26.6 Å². The summed E-state index contributed by atoms with van der Waals surface area (Å²) in [5.74, 6) is 0.0393. The molecule has 3 nitrogen and oxygen atoms in total. The van der Waals surface area contributed by atoms with E-state index in [1.54, 1.807) is 13.0 Å². The molecule has 0 spiro atoms. The molecule has 0 fully saturated rings. The second-order valence-electron chi connectivity index (χ2n) is 5.42. The summed E-state index contributed by atoms with van der Waals surface area (Å²) in [6.45, 7) is 9.42. The summed E-state index contributed by atoms with van der Waals surface area (Å²) < 4.78 is 5.78. The Morgan fingerprint density at radius 3 is 2.42 bits per heavy atom. The van der Waals surface area contributed by atoms with Gasteiger partial charge in [0.2, 0.25) is 0 Å². The molecular weight excluding hydrogens is 254 g/mol.